The third kappa shape index (κ3) is 2.82. The Kier molecular flexibility index (Phi) is 5.28. The molecule has 0 aromatic heterocycles. The molecule has 1 unspecified atom stereocenters. The van der Waals surface area contributed by atoms with Crippen molar-refractivity contribution in [1.82, 2.24) is 10.2 Å². The molecule has 2 aliphatic heterocycles. The van der Waals surface area contributed by atoms with Gasteiger partial charge in [0.15, 0.2) is 0 Å². The SMILES string of the molecule is CCC(CC)(C(NC)C1=CCCCO1)N1CCCC1. The van der Waals surface area contributed by atoms with Gasteiger partial charge in [-0.25, -0.2) is 0 Å². The highest BCUT2D eigenvalue weighted by atomic mass is 16.5. The Bertz CT molecular complexity index is 304. The van der Waals surface area contributed by atoms with Crippen molar-refractivity contribution < 1.29 is 4.74 Å². The van der Waals surface area contributed by atoms with Gasteiger partial charge in [0, 0.05) is 5.54 Å². The summed E-state index contributed by atoms with van der Waals surface area (Å²) < 4.78 is 5.97. The van der Waals surface area contributed by atoms with Gasteiger partial charge in [-0.1, -0.05) is 13.8 Å². The predicted octanol–water partition coefficient (Wildman–Crippen LogP) is 2.92. The number of likely N-dealkylation sites (tertiary alicyclic amines) is 1. The second-order valence-electron chi connectivity index (χ2n) is 5.82. The summed E-state index contributed by atoms with van der Waals surface area (Å²) in [6.07, 6.45) is 9.67. The Morgan fingerprint density at radius 1 is 1.26 bits per heavy atom. The van der Waals surface area contributed by atoms with Gasteiger partial charge in [-0.15, -0.1) is 0 Å². The first kappa shape index (κ1) is 14.9. The number of likely N-dealkylation sites (N-methyl/N-ethyl adjacent to an activating group) is 1. The van der Waals surface area contributed by atoms with Crippen LogP contribution in [0.15, 0.2) is 11.8 Å². The average Bonchev–Trinajstić information content (AvgIpc) is 3.00. The summed E-state index contributed by atoms with van der Waals surface area (Å²) in [5.74, 6) is 1.18. The lowest BCUT2D eigenvalue weighted by Gasteiger charge is -2.47. The first-order chi connectivity index (χ1) is 9.28. The van der Waals surface area contributed by atoms with Crippen molar-refractivity contribution in [2.45, 2.75) is 64.0 Å². The fraction of sp³-hybridized carbons (Fsp3) is 0.875. The van der Waals surface area contributed by atoms with E-state index in [1.165, 1.54) is 44.5 Å². The molecule has 1 atom stereocenters. The number of allylic oxidation sites excluding steroid dienone is 1. The minimum atomic E-state index is 0.217. The lowest BCUT2D eigenvalue weighted by Crippen LogP contribution is -2.60. The largest absolute Gasteiger partial charge is 0.497 e. The molecule has 110 valence electrons. The van der Waals surface area contributed by atoms with Gasteiger partial charge in [-0.2, -0.15) is 0 Å². The van der Waals surface area contributed by atoms with E-state index >= 15 is 0 Å². The van der Waals surface area contributed by atoms with Gasteiger partial charge in [-0.3, -0.25) is 4.90 Å². The smallest absolute Gasteiger partial charge is 0.111 e. The van der Waals surface area contributed by atoms with Crippen molar-refractivity contribution in [3.8, 4) is 0 Å². The zero-order valence-electron chi connectivity index (χ0n) is 12.9. The van der Waals surface area contributed by atoms with E-state index in [1.54, 1.807) is 0 Å². The molecule has 0 aromatic carbocycles. The van der Waals surface area contributed by atoms with Crippen LogP contribution in [0, 0.1) is 0 Å². The summed E-state index contributed by atoms with van der Waals surface area (Å²) in [6, 6.07) is 0.334. The second kappa shape index (κ2) is 6.76. The molecule has 2 rings (SSSR count). The number of rotatable bonds is 6. The number of ether oxygens (including phenoxy) is 1. The zero-order chi connectivity index (χ0) is 13.7. The first-order valence-electron chi connectivity index (χ1n) is 8.03. The summed E-state index contributed by atoms with van der Waals surface area (Å²) in [5, 5.41) is 3.56. The van der Waals surface area contributed by atoms with Gasteiger partial charge in [0.1, 0.15) is 5.76 Å². The molecule has 1 N–H and O–H groups in total. The fourth-order valence-corrected chi connectivity index (χ4v) is 3.90. The molecule has 1 saturated heterocycles. The highest BCUT2D eigenvalue weighted by Gasteiger charge is 2.44. The molecule has 2 heterocycles. The van der Waals surface area contributed by atoms with E-state index in [0.29, 0.717) is 6.04 Å². The Hall–Kier alpha value is -0.540. The van der Waals surface area contributed by atoms with Crippen LogP contribution in [0.25, 0.3) is 0 Å². The molecule has 0 saturated carbocycles. The summed E-state index contributed by atoms with van der Waals surface area (Å²) in [7, 11) is 2.08. The highest BCUT2D eigenvalue weighted by Crippen LogP contribution is 2.35. The number of nitrogens with zero attached hydrogens (tertiary/aromatic N) is 1. The van der Waals surface area contributed by atoms with Gasteiger partial charge in [-0.05, 0) is 64.7 Å². The lowest BCUT2D eigenvalue weighted by atomic mass is 9.81. The summed E-state index contributed by atoms with van der Waals surface area (Å²) in [6.45, 7) is 8.03. The van der Waals surface area contributed by atoms with Crippen molar-refractivity contribution in [1.29, 1.82) is 0 Å². The van der Waals surface area contributed by atoms with E-state index in [2.05, 4.69) is 37.2 Å². The maximum atomic E-state index is 5.97. The van der Waals surface area contributed by atoms with Gasteiger partial charge < -0.3 is 10.1 Å². The molecule has 0 aliphatic carbocycles. The van der Waals surface area contributed by atoms with E-state index in [4.69, 9.17) is 4.74 Å². The molecule has 19 heavy (non-hydrogen) atoms. The van der Waals surface area contributed by atoms with Gasteiger partial charge in [0.2, 0.25) is 0 Å². The molecule has 0 radical (unpaired) electrons. The Balaban J connectivity index is 2.25. The normalized spacial score (nSPS) is 23.0. The van der Waals surface area contributed by atoms with Crippen molar-refractivity contribution in [2.75, 3.05) is 26.7 Å². The van der Waals surface area contributed by atoms with Crippen LogP contribution in [0.1, 0.15) is 52.4 Å². The maximum absolute atomic E-state index is 5.97. The molecular formula is C16H30N2O. The van der Waals surface area contributed by atoms with Crippen molar-refractivity contribution in [2.24, 2.45) is 0 Å². The minimum absolute atomic E-state index is 0.217. The summed E-state index contributed by atoms with van der Waals surface area (Å²) in [4.78, 5) is 2.70. The quantitative estimate of drug-likeness (QED) is 0.800. The van der Waals surface area contributed by atoms with Crippen LogP contribution in [0.5, 0.6) is 0 Å². The topological polar surface area (TPSA) is 24.5 Å². The van der Waals surface area contributed by atoms with E-state index in [9.17, 15) is 0 Å². The predicted molar refractivity (Wildman–Crippen MR) is 80.2 cm³/mol. The standard InChI is InChI=1S/C16H30N2O/c1-4-16(5-2,18-11-7-8-12-18)15(17-3)14-10-6-9-13-19-14/h10,15,17H,4-9,11-13H2,1-3H3. The van der Waals surface area contributed by atoms with Crippen LogP contribution in [-0.4, -0.2) is 43.2 Å². The monoisotopic (exact) mass is 266 g/mol. The molecule has 0 amide bonds. The summed E-state index contributed by atoms with van der Waals surface area (Å²) in [5.41, 5.74) is 0.217. The molecule has 3 heteroatoms. The van der Waals surface area contributed by atoms with E-state index in [-0.39, 0.29) is 5.54 Å². The molecule has 1 fully saturated rings. The van der Waals surface area contributed by atoms with Crippen LogP contribution in [0.3, 0.4) is 0 Å². The van der Waals surface area contributed by atoms with Gasteiger partial charge in [0.05, 0.1) is 12.6 Å². The highest BCUT2D eigenvalue weighted by molar-refractivity contribution is 5.16. The molecular weight excluding hydrogens is 236 g/mol. The van der Waals surface area contributed by atoms with Gasteiger partial charge in [0.25, 0.3) is 0 Å². The molecule has 2 aliphatic rings. The molecule has 0 aromatic rings. The average molecular weight is 266 g/mol. The third-order valence-electron chi connectivity index (χ3n) is 5.03. The third-order valence-corrected chi connectivity index (χ3v) is 5.03. The molecule has 0 bridgehead atoms. The number of hydrogen-bond donors (Lipinski definition) is 1. The summed E-state index contributed by atoms with van der Waals surface area (Å²) >= 11 is 0. The lowest BCUT2D eigenvalue weighted by molar-refractivity contribution is 0.0447. The van der Waals surface area contributed by atoms with E-state index in [0.717, 1.165) is 19.4 Å². The maximum Gasteiger partial charge on any atom is 0.111 e. The van der Waals surface area contributed by atoms with Crippen LogP contribution in [0.2, 0.25) is 0 Å². The van der Waals surface area contributed by atoms with E-state index in [1.807, 2.05) is 0 Å². The van der Waals surface area contributed by atoms with Gasteiger partial charge >= 0.3 is 0 Å². The second-order valence-corrected chi connectivity index (χ2v) is 5.82. The van der Waals surface area contributed by atoms with Crippen LogP contribution in [0.4, 0.5) is 0 Å². The minimum Gasteiger partial charge on any atom is -0.497 e. The van der Waals surface area contributed by atoms with Crippen molar-refractivity contribution >= 4 is 0 Å². The Morgan fingerprint density at radius 3 is 2.42 bits per heavy atom. The Morgan fingerprint density at radius 2 is 1.95 bits per heavy atom. The van der Waals surface area contributed by atoms with Crippen LogP contribution < -0.4 is 5.32 Å². The van der Waals surface area contributed by atoms with Crippen molar-refractivity contribution in [3.05, 3.63) is 11.8 Å². The van der Waals surface area contributed by atoms with E-state index < -0.39 is 0 Å². The number of hydrogen-bond acceptors (Lipinski definition) is 3. The fourth-order valence-electron chi connectivity index (χ4n) is 3.90. The molecule has 0 spiro atoms. The van der Waals surface area contributed by atoms with Crippen molar-refractivity contribution in [3.63, 3.8) is 0 Å². The molecule has 3 nitrogen and oxygen atoms in total. The number of nitrogens with one attached hydrogen (secondary N) is 1. The van der Waals surface area contributed by atoms with Crippen LogP contribution >= 0.6 is 0 Å². The first-order valence-corrected chi connectivity index (χ1v) is 8.03. The Labute approximate surface area is 118 Å². The zero-order valence-corrected chi connectivity index (χ0v) is 12.9. The van der Waals surface area contributed by atoms with Crippen LogP contribution in [-0.2, 0) is 4.74 Å².